The van der Waals surface area contributed by atoms with Gasteiger partial charge in [-0.1, -0.05) is 26.3 Å². The van der Waals surface area contributed by atoms with Gasteiger partial charge in [-0.15, -0.1) is 0 Å². The van der Waals surface area contributed by atoms with E-state index in [-0.39, 0.29) is 5.92 Å². The van der Waals surface area contributed by atoms with Gasteiger partial charge in [-0.25, -0.2) is 0 Å². The fourth-order valence-corrected chi connectivity index (χ4v) is 0.869. The molecular weight excluding hydrogens is 178 g/mol. The molecule has 0 aliphatic carbocycles. The highest BCUT2D eigenvalue weighted by molar-refractivity contribution is 5.69. The lowest BCUT2D eigenvalue weighted by Crippen LogP contribution is -2.08. The van der Waals surface area contributed by atoms with E-state index in [1.165, 1.54) is 0 Å². The fraction of sp³-hybridized carbons (Fsp3) is 0.455. The highest BCUT2D eigenvalue weighted by atomic mass is 16.4. The molecule has 0 radical (unpaired) electrons. The van der Waals surface area contributed by atoms with E-state index in [2.05, 4.69) is 4.98 Å². The highest BCUT2D eigenvalue weighted by Crippen LogP contribution is 2.03. The number of carboxylic acids is 1. The Morgan fingerprint density at radius 2 is 1.93 bits per heavy atom. The molecule has 1 atom stereocenters. The van der Waals surface area contributed by atoms with E-state index in [0.29, 0.717) is 0 Å². The summed E-state index contributed by atoms with van der Waals surface area (Å²) >= 11 is 0. The summed E-state index contributed by atoms with van der Waals surface area (Å²) in [5.74, 6) is -0.855. The Morgan fingerprint density at radius 3 is 2.07 bits per heavy atom. The predicted molar refractivity (Wildman–Crippen MR) is 55.9 cm³/mol. The van der Waals surface area contributed by atoms with E-state index in [1.54, 1.807) is 19.3 Å². The van der Waals surface area contributed by atoms with Crippen molar-refractivity contribution in [2.24, 2.45) is 5.92 Å². The van der Waals surface area contributed by atoms with Crippen LogP contribution in [0.4, 0.5) is 0 Å². The molecule has 0 amide bonds. The predicted octanol–water partition coefficient (Wildman–Crippen LogP) is 2.59. The van der Waals surface area contributed by atoms with Crippen LogP contribution in [0.3, 0.4) is 0 Å². The van der Waals surface area contributed by atoms with Gasteiger partial charge >= 0.3 is 5.97 Å². The largest absolute Gasteiger partial charge is 0.481 e. The zero-order valence-electron chi connectivity index (χ0n) is 8.68. The molecule has 0 saturated heterocycles. The van der Waals surface area contributed by atoms with Gasteiger partial charge in [0.2, 0.25) is 0 Å². The molecule has 14 heavy (non-hydrogen) atoms. The van der Waals surface area contributed by atoms with E-state index in [1.807, 2.05) is 25.1 Å². The van der Waals surface area contributed by atoms with Gasteiger partial charge in [-0.2, -0.15) is 0 Å². The van der Waals surface area contributed by atoms with E-state index in [0.717, 1.165) is 12.8 Å². The third-order valence-electron chi connectivity index (χ3n) is 1.71. The monoisotopic (exact) mass is 195 g/mol. The van der Waals surface area contributed by atoms with Crippen LogP contribution in [0.1, 0.15) is 26.7 Å². The molecule has 1 rings (SSSR count). The lowest BCUT2D eigenvalue weighted by molar-refractivity contribution is -0.141. The van der Waals surface area contributed by atoms with Crippen LogP contribution in [0, 0.1) is 5.92 Å². The first-order valence-electron chi connectivity index (χ1n) is 4.76. The highest BCUT2D eigenvalue weighted by Gasteiger charge is 2.07. The van der Waals surface area contributed by atoms with Crippen LogP contribution < -0.4 is 0 Å². The van der Waals surface area contributed by atoms with E-state index < -0.39 is 5.97 Å². The molecule has 0 bridgehead atoms. The normalized spacial score (nSPS) is 11.0. The number of aromatic nitrogens is 1. The SMILES string of the molecule is CCCC(C)C(=O)O.c1ccncc1. The van der Waals surface area contributed by atoms with Crippen molar-refractivity contribution in [1.82, 2.24) is 4.98 Å². The Balaban J connectivity index is 0.000000249. The van der Waals surface area contributed by atoms with Crippen LogP contribution in [0.15, 0.2) is 30.6 Å². The van der Waals surface area contributed by atoms with Crippen LogP contribution in [-0.4, -0.2) is 16.1 Å². The maximum absolute atomic E-state index is 10.1. The van der Waals surface area contributed by atoms with Crippen molar-refractivity contribution < 1.29 is 9.90 Å². The second-order valence-electron chi connectivity index (χ2n) is 3.05. The third kappa shape index (κ3) is 7.28. The topological polar surface area (TPSA) is 50.2 Å². The molecule has 3 nitrogen and oxygen atoms in total. The zero-order chi connectivity index (χ0) is 10.8. The van der Waals surface area contributed by atoms with Crippen LogP contribution in [-0.2, 0) is 4.79 Å². The minimum atomic E-state index is -0.688. The molecule has 0 saturated carbocycles. The number of hydrogen-bond acceptors (Lipinski definition) is 2. The first-order chi connectivity index (χ1) is 6.68. The number of nitrogens with zero attached hydrogens (tertiary/aromatic N) is 1. The minimum Gasteiger partial charge on any atom is -0.481 e. The third-order valence-corrected chi connectivity index (χ3v) is 1.71. The summed E-state index contributed by atoms with van der Waals surface area (Å²) in [6.07, 6.45) is 5.24. The Labute approximate surface area is 84.8 Å². The van der Waals surface area contributed by atoms with Gasteiger partial charge in [0.15, 0.2) is 0 Å². The summed E-state index contributed by atoms with van der Waals surface area (Å²) in [6, 6.07) is 5.72. The number of carboxylic acid groups (broad SMARTS) is 1. The van der Waals surface area contributed by atoms with E-state index in [4.69, 9.17) is 5.11 Å². The van der Waals surface area contributed by atoms with Crippen LogP contribution in [0.25, 0.3) is 0 Å². The first kappa shape index (κ1) is 12.6. The van der Waals surface area contributed by atoms with Crippen LogP contribution >= 0.6 is 0 Å². The van der Waals surface area contributed by atoms with E-state index in [9.17, 15) is 4.79 Å². The van der Waals surface area contributed by atoms with Gasteiger partial charge < -0.3 is 5.11 Å². The van der Waals surface area contributed by atoms with E-state index >= 15 is 0 Å². The number of pyridine rings is 1. The number of hydrogen-bond donors (Lipinski definition) is 1. The van der Waals surface area contributed by atoms with Gasteiger partial charge in [0, 0.05) is 12.4 Å². The van der Waals surface area contributed by atoms with Gasteiger partial charge in [0.25, 0.3) is 0 Å². The lowest BCUT2D eigenvalue weighted by Gasteiger charge is -2.00. The van der Waals surface area contributed by atoms with Crippen LogP contribution in [0.5, 0.6) is 0 Å². The Morgan fingerprint density at radius 1 is 1.36 bits per heavy atom. The average molecular weight is 195 g/mol. The first-order valence-corrected chi connectivity index (χ1v) is 4.76. The molecule has 0 aliphatic rings. The average Bonchev–Trinajstić information content (AvgIpc) is 2.21. The lowest BCUT2D eigenvalue weighted by atomic mass is 10.1. The standard InChI is InChI=1S/C6H12O2.C5H5N/c1-3-4-5(2)6(7)8;1-2-4-6-5-3-1/h5H,3-4H2,1-2H3,(H,7,8);1-5H. The molecular formula is C11H17NO2. The smallest absolute Gasteiger partial charge is 0.306 e. The molecule has 0 fully saturated rings. The maximum atomic E-state index is 10.1. The number of aliphatic carboxylic acids is 1. The molecule has 1 aromatic heterocycles. The Kier molecular flexibility index (Phi) is 7.42. The summed E-state index contributed by atoms with van der Waals surface area (Å²) in [7, 11) is 0. The van der Waals surface area contributed by atoms with Crippen molar-refractivity contribution >= 4 is 5.97 Å². The van der Waals surface area contributed by atoms with Crippen molar-refractivity contribution in [2.75, 3.05) is 0 Å². The summed E-state index contributed by atoms with van der Waals surface area (Å²) < 4.78 is 0. The molecule has 1 heterocycles. The van der Waals surface area contributed by atoms with Crippen molar-refractivity contribution in [1.29, 1.82) is 0 Å². The fourth-order valence-electron chi connectivity index (χ4n) is 0.869. The second-order valence-corrected chi connectivity index (χ2v) is 3.05. The Hall–Kier alpha value is -1.38. The Bertz CT molecular complexity index is 210. The molecule has 3 heteroatoms. The minimum absolute atomic E-state index is 0.167. The van der Waals surface area contributed by atoms with Gasteiger partial charge in [-0.3, -0.25) is 9.78 Å². The van der Waals surface area contributed by atoms with Gasteiger partial charge in [0.1, 0.15) is 0 Å². The summed E-state index contributed by atoms with van der Waals surface area (Å²) in [5.41, 5.74) is 0. The quantitative estimate of drug-likeness (QED) is 0.806. The number of carbonyl (C=O) groups is 1. The van der Waals surface area contributed by atoms with Crippen molar-refractivity contribution in [2.45, 2.75) is 26.7 Å². The number of rotatable bonds is 3. The molecule has 1 aromatic rings. The molecule has 78 valence electrons. The molecule has 0 aliphatic heterocycles. The molecule has 1 N–H and O–H groups in total. The maximum Gasteiger partial charge on any atom is 0.306 e. The summed E-state index contributed by atoms with van der Waals surface area (Å²) in [6.45, 7) is 3.71. The molecule has 1 unspecified atom stereocenters. The van der Waals surface area contributed by atoms with Crippen molar-refractivity contribution in [3.63, 3.8) is 0 Å². The van der Waals surface area contributed by atoms with Crippen molar-refractivity contribution in [3.8, 4) is 0 Å². The molecule has 0 spiro atoms. The van der Waals surface area contributed by atoms with Gasteiger partial charge in [-0.05, 0) is 18.6 Å². The zero-order valence-corrected chi connectivity index (χ0v) is 8.68. The van der Waals surface area contributed by atoms with Crippen molar-refractivity contribution in [3.05, 3.63) is 30.6 Å². The van der Waals surface area contributed by atoms with Gasteiger partial charge in [0.05, 0.1) is 5.92 Å². The second kappa shape index (κ2) is 8.23. The summed E-state index contributed by atoms with van der Waals surface area (Å²) in [5, 5.41) is 8.31. The summed E-state index contributed by atoms with van der Waals surface area (Å²) in [4.78, 5) is 13.9. The van der Waals surface area contributed by atoms with Crippen LogP contribution in [0.2, 0.25) is 0 Å². The molecule has 0 aromatic carbocycles.